The first kappa shape index (κ1) is 24.1. The van der Waals surface area contributed by atoms with Gasteiger partial charge < -0.3 is 13.4 Å². The van der Waals surface area contributed by atoms with E-state index in [1.54, 1.807) is 23.0 Å². The molecule has 1 atom stereocenters. The van der Waals surface area contributed by atoms with Gasteiger partial charge in [-0.25, -0.2) is 4.79 Å². The highest BCUT2D eigenvalue weighted by Gasteiger charge is 2.28. The summed E-state index contributed by atoms with van der Waals surface area (Å²) in [6.07, 6.45) is 9.10. The number of hydrogen-bond acceptors (Lipinski definition) is 6. The number of halogens is 1. The second-order valence-electron chi connectivity index (χ2n) is 9.13. The van der Waals surface area contributed by atoms with E-state index in [0.717, 1.165) is 66.1 Å². The number of nitrogens with zero attached hydrogens (tertiary/aromatic N) is 4. The molecule has 0 saturated heterocycles. The highest BCUT2D eigenvalue weighted by atomic mass is 127. The van der Waals surface area contributed by atoms with E-state index < -0.39 is 0 Å². The number of hydrogen-bond donors (Lipinski definition) is 1. The molecule has 0 amide bonds. The second kappa shape index (κ2) is 11.0. The van der Waals surface area contributed by atoms with Crippen molar-refractivity contribution in [2.75, 3.05) is 13.1 Å². The molecule has 0 radical (unpaired) electrons. The standard InChI is InChI=1S/C27H30IN5O2/c28-35-25(34)18-33-23-10-2-1-9-20(23)21-12-15-30-22(27(21)33)17-32(16-4-3-13-29)24-11-5-7-19-8-6-14-31-26(19)24/h1-2,6,8-10,12,14-15,24H,3-5,7,11,13,16-18,29H2/t24-/m0/s1. The van der Waals surface area contributed by atoms with E-state index in [1.807, 2.05) is 36.7 Å². The van der Waals surface area contributed by atoms with Crippen molar-refractivity contribution in [1.82, 2.24) is 19.4 Å². The van der Waals surface area contributed by atoms with Crippen molar-refractivity contribution < 1.29 is 7.86 Å². The molecule has 3 heterocycles. The number of pyridine rings is 2. The lowest BCUT2D eigenvalue weighted by Gasteiger charge is -2.35. The minimum atomic E-state index is -0.284. The summed E-state index contributed by atoms with van der Waals surface area (Å²) in [5.74, 6) is -0.284. The highest BCUT2D eigenvalue weighted by molar-refractivity contribution is 14.1. The summed E-state index contributed by atoms with van der Waals surface area (Å²) in [4.78, 5) is 24.5. The van der Waals surface area contributed by atoms with E-state index in [0.29, 0.717) is 13.1 Å². The maximum atomic E-state index is 12.4. The number of nitrogens with two attached hydrogens (primary N) is 1. The number of carbonyl (C=O) groups is 1. The average molecular weight is 583 g/mol. The summed E-state index contributed by atoms with van der Waals surface area (Å²) in [5, 5.41) is 2.22. The van der Waals surface area contributed by atoms with Crippen LogP contribution in [0.25, 0.3) is 21.8 Å². The molecule has 3 aromatic heterocycles. The van der Waals surface area contributed by atoms with E-state index >= 15 is 0 Å². The van der Waals surface area contributed by atoms with Crippen molar-refractivity contribution in [3.05, 3.63) is 71.8 Å². The lowest BCUT2D eigenvalue weighted by molar-refractivity contribution is -0.131. The Morgan fingerprint density at radius 1 is 1.11 bits per heavy atom. The van der Waals surface area contributed by atoms with Crippen LogP contribution in [0.3, 0.4) is 0 Å². The van der Waals surface area contributed by atoms with E-state index in [-0.39, 0.29) is 18.6 Å². The minimum Gasteiger partial charge on any atom is -0.393 e. The minimum absolute atomic E-state index is 0.145. The van der Waals surface area contributed by atoms with Crippen molar-refractivity contribution in [2.45, 2.75) is 51.2 Å². The molecular weight excluding hydrogens is 553 g/mol. The van der Waals surface area contributed by atoms with Gasteiger partial charge in [0.1, 0.15) is 6.54 Å². The zero-order valence-corrected chi connectivity index (χ0v) is 21.9. The molecule has 1 aliphatic rings. The van der Waals surface area contributed by atoms with Crippen molar-refractivity contribution in [3.63, 3.8) is 0 Å². The van der Waals surface area contributed by atoms with Gasteiger partial charge in [-0.1, -0.05) is 24.3 Å². The third-order valence-corrected chi connectivity index (χ3v) is 7.48. The Kier molecular flexibility index (Phi) is 7.60. The maximum absolute atomic E-state index is 12.4. The summed E-state index contributed by atoms with van der Waals surface area (Å²) in [7, 11) is 0. The topological polar surface area (TPSA) is 86.3 Å². The average Bonchev–Trinajstić information content (AvgIpc) is 3.22. The van der Waals surface area contributed by atoms with E-state index in [1.165, 1.54) is 11.3 Å². The van der Waals surface area contributed by atoms with Crippen molar-refractivity contribution in [1.29, 1.82) is 0 Å². The molecule has 5 rings (SSSR count). The van der Waals surface area contributed by atoms with Gasteiger partial charge in [0.25, 0.3) is 0 Å². The number of fused-ring (bicyclic) bond motifs is 4. The van der Waals surface area contributed by atoms with Crippen LogP contribution >= 0.6 is 23.0 Å². The molecular formula is C27H30IN5O2. The SMILES string of the molecule is NCCCCN(Cc1nccc2c3ccccc3n(CC(=O)OI)c12)[C@H]1CCCc2cccnc21. The van der Waals surface area contributed by atoms with E-state index in [2.05, 4.69) is 27.7 Å². The summed E-state index contributed by atoms with van der Waals surface area (Å²) in [5.41, 5.74) is 11.3. The number of carbonyl (C=O) groups excluding carboxylic acids is 1. The zero-order chi connectivity index (χ0) is 24.2. The quantitative estimate of drug-likeness (QED) is 0.218. The fraction of sp³-hybridized carbons (Fsp3) is 0.370. The summed E-state index contributed by atoms with van der Waals surface area (Å²) in [6.45, 7) is 2.44. The van der Waals surface area contributed by atoms with Crippen LogP contribution in [-0.4, -0.2) is 38.5 Å². The number of benzene rings is 1. The van der Waals surface area contributed by atoms with Crippen LogP contribution in [0.15, 0.2) is 54.9 Å². The molecule has 0 spiro atoms. The number of rotatable bonds is 9. The Morgan fingerprint density at radius 3 is 2.86 bits per heavy atom. The highest BCUT2D eigenvalue weighted by Crippen LogP contribution is 2.36. The molecule has 4 aromatic rings. The number of aryl methyl sites for hydroxylation is 1. The molecule has 1 aromatic carbocycles. The smallest absolute Gasteiger partial charge is 0.335 e. The van der Waals surface area contributed by atoms with Gasteiger partial charge in [0, 0.05) is 35.2 Å². The van der Waals surface area contributed by atoms with Gasteiger partial charge >= 0.3 is 5.97 Å². The molecule has 8 heteroatoms. The lowest BCUT2D eigenvalue weighted by atomic mass is 9.90. The van der Waals surface area contributed by atoms with Crippen molar-refractivity contribution >= 4 is 50.8 Å². The number of para-hydroxylation sites is 1. The molecule has 0 unspecified atom stereocenters. The first-order valence-corrected chi connectivity index (χ1v) is 13.1. The lowest BCUT2D eigenvalue weighted by Crippen LogP contribution is -2.33. The van der Waals surface area contributed by atoms with Gasteiger partial charge in [-0.2, -0.15) is 0 Å². The Bertz CT molecular complexity index is 1340. The van der Waals surface area contributed by atoms with Gasteiger partial charge in [0.2, 0.25) is 0 Å². The summed E-state index contributed by atoms with van der Waals surface area (Å²) < 4.78 is 7.06. The second-order valence-corrected chi connectivity index (χ2v) is 9.57. The fourth-order valence-corrected chi connectivity index (χ4v) is 5.58. The van der Waals surface area contributed by atoms with Crippen LogP contribution in [-0.2, 0) is 27.4 Å². The van der Waals surface area contributed by atoms with E-state index in [9.17, 15) is 4.79 Å². The molecule has 0 aliphatic heterocycles. The monoisotopic (exact) mass is 583 g/mol. The summed E-state index contributed by atoms with van der Waals surface area (Å²) in [6, 6.07) is 14.7. The molecule has 7 nitrogen and oxygen atoms in total. The van der Waals surface area contributed by atoms with Crippen LogP contribution in [0.5, 0.6) is 0 Å². The molecule has 0 bridgehead atoms. The fourth-order valence-electron chi connectivity index (χ4n) is 5.44. The normalized spacial score (nSPS) is 15.6. The Hall–Kier alpha value is -2.56. The molecule has 2 N–H and O–H groups in total. The third-order valence-electron chi connectivity index (χ3n) is 6.99. The molecule has 35 heavy (non-hydrogen) atoms. The molecule has 182 valence electrons. The predicted molar refractivity (Wildman–Crippen MR) is 146 cm³/mol. The van der Waals surface area contributed by atoms with Crippen LogP contribution in [0.4, 0.5) is 0 Å². The Balaban J connectivity index is 1.59. The van der Waals surface area contributed by atoms with Crippen LogP contribution in [0, 0.1) is 0 Å². The van der Waals surface area contributed by atoms with Gasteiger partial charge in [0.05, 0.1) is 22.9 Å². The molecule has 1 aliphatic carbocycles. The Labute approximate surface area is 219 Å². The van der Waals surface area contributed by atoms with Crippen molar-refractivity contribution in [2.24, 2.45) is 5.73 Å². The molecule has 0 saturated carbocycles. The predicted octanol–water partition coefficient (Wildman–Crippen LogP) is 5.10. The van der Waals surface area contributed by atoms with Gasteiger partial charge in [-0.15, -0.1) is 0 Å². The van der Waals surface area contributed by atoms with Crippen molar-refractivity contribution in [3.8, 4) is 0 Å². The van der Waals surface area contributed by atoms with Gasteiger partial charge in [-0.05, 0) is 69.0 Å². The number of aromatic nitrogens is 3. The first-order chi connectivity index (χ1) is 17.2. The summed E-state index contributed by atoms with van der Waals surface area (Å²) >= 11 is 1.66. The van der Waals surface area contributed by atoms with Crippen LogP contribution < -0.4 is 5.73 Å². The van der Waals surface area contributed by atoms with Gasteiger partial charge in [0.15, 0.2) is 23.0 Å². The maximum Gasteiger partial charge on any atom is 0.335 e. The number of unbranched alkanes of at least 4 members (excludes halogenated alkanes) is 1. The largest absolute Gasteiger partial charge is 0.393 e. The Morgan fingerprint density at radius 2 is 2.00 bits per heavy atom. The van der Waals surface area contributed by atoms with E-state index in [4.69, 9.17) is 18.8 Å². The van der Waals surface area contributed by atoms with Crippen LogP contribution in [0.2, 0.25) is 0 Å². The third kappa shape index (κ3) is 4.92. The van der Waals surface area contributed by atoms with Gasteiger partial charge in [-0.3, -0.25) is 14.9 Å². The first-order valence-electron chi connectivity index (χ1n) is 12.3. The zero-order valence-electron chi connectivity index (χ0n) is 19.7. The molecule has 0 fully saturated rings. The van der Waals surface area contributed by atoms with Crippen LogP contribution in [0.1, 0.15) is 48.7 Å².